The number of thiocarbonyl (C=S) groups is 1. The van der Waals surface area contributed by atoms with Gasteiger partial charge in [-0.3, -0.25) is 19.8 Å². The molecule has 3 amide bonds. The first-order valence-electron chi connectivity index (χ1n) is 12.2. The summed E-state index contributed by atoms with van der Waals surface area (Å²) >= 11 is 4.95. The van der Waals surface area contributed by atoms with E-state index in [9.17, 15) is 9.59 Å². The van der Waals surface area contributed by atoms with Gasteiger partial charge in [-0.1, -0.05) is 0 Å². The number of hydrogen-bond acceptors (Lipinski definition) is 8. The molecular weight excluding hydrogens is 518 g/mol. The van der Waals surface area contributed by atoms with Crippen molar-refractivity contribution < 1.29 is 23.1 Å². The fourth-order valence-corrected chi connectivity index (χ4v) is 4.46. The molecule has 0 spiro atoms. The number of carbonyl (C=O) groups excluding carboxylic acids is 2. The van der Waals surface area contributed by atoms with Gasteiger partial charge in [0.2, 0.25) is 5.91 Å². The van der Waals surface area contributed by atoms with E-state index >= 15 is 8.78 Å². The first-order chi connectivity index (χ1) is 18.2. The molecule has 1 aromatic heterocycles. The lowest BCUT2D eigenvalue weighted by atomic mass is 10.1. The van der Waals surface area contributed by atoms with Gasteiger partial charge in [-0.2, -0.15) is 0 Å². The molecule has 38 heavy (non-hydrogen) atoms. The van der Waals surface area contributed by atoms with Gasteiger partial charge in [0, 0.05) is 56.9 Å². The minimum Gasteiger partial charge on any atom is -0.474 e. The van der Waals surface area contributed by atoms with Crippen molar-refractivity contribution in [3.05, 3.63) is 47.5 Å². The molecule has 2 aliphatic heterocycles. The van der Waals surface area contributed by atoms with E-state index in [1.165, 1.54) is 29.2 Å². The van der Waals surface area contributed by atoms with Crippen molar-refractivity contribution in [3.8, 4) is 0 Å². The third-order valence-electron chi connectivity index (χ3n) is 6.33. The van der Waals surface area contributed by atoms with Gasteiger partial charge in [0.25, 0.3) is 5.17 Å². The molecule has 2 aliphatic rings. The number of carbonyl (C=O) groups is 2. The monoisotopic (exact) mass is 548 g/mol. The van der Waals surface area contributed by atoms with E-state index in [1.54, 1.807) is 17.3 Å². The Hall–Kier alpha value is -3.65. The van der Waals surface area contributed by atoms with Crippen molar-refractivity contribution >= 4 is 40.7 Å². The van der Waals surface area contributed by atoms with Crippen LogP contribution < -0.4 is 25.9 Å². The van der Waals surface area contributed by atoms with Crippen LogP contribution in [0.5, 0.6) is 0 Å². The Morgan fingerprint density at radius 2 is 1.95 bits per heavy atom. The highest BCUT2D eigenvalue weighted by Gasteiger charge is 2.32. The average molecular weight is 549 g/mol. The number of aryl methyl sites for hydroxylation is 1. The van der Waals surface area contributed by atoms with Gasteiger partial charge in [-0.05, 0) is 31.3 Å². The maximum absolute atomic E-state index is 15.2. The van der Waals surface area contributed by atoms with Crippen LogP contribution >= 0.6 is 12.2 Å². The predicted molar refractivity (Wildman–Crippen MR) is 140 cm³/mol. The van der Waals surface area contributed by atoms with Crippen molar-refractivity contribution in [2.24, 2.45) is 5.92 Å². The van der Waals surface area contributed by atoms with Gasteiger partial charge in [0.15, 0.2) is 11.6 Å². The van der Waals surface area contributed by atoms with E-state index in [4.69, 9.17) is 17.0 Å². The number of amides is 3. The molecule has 1 atom stereocenters. The summed E-state index contributed by atoms with van der Waals surface area (Å²) in [6.07, 6.45) is 3.44. The van der Waals surface area contributed by atoms with Crippen LogP contribution in [-0.4, -0.2) is 78.5 Å². The molecule has 0 bridgehead atoms. The highest BCUT2D eigenvalue weighted by atomic mass is 32.1. The molecule has 0 aliphatic carbocycles. The SMILES string of the molecule is COC(=S)NC[C@@H]1CC(=O)N(c2cc(F)c(N3CCNN(C(=O)NCc4cnc(C)cn4)CC3)c(F)c2)C1. The zero-order valence-electron chi connectivity index (χ0n) is 21.2. The Bertz CT molecular complexity index is 1160. The van der Waals surface area contributed by atoms with E-state index < -0.39 is 11.6 Å². The van der Waals surface area contributed by atoms with Crippen LogP contribution in [0.2, 0.25) is 0 Å². The molecule has 14 heteroatoms. The summed E-state index contributed by atoms with van der Waals surface area (Å²) in [5.41, 5.74) is 4.34. The van der Waals surface area contributed by atoms with Crippen LogP contribution in [0, 0.1) is 24.5 Å². The molecule has 2 fully saturated rings. The van der Waals surface area contributed by atoms with Gasteiger partial charge in [-0.25, -0.2) is 19.0 Å². The minimum atomic E-state index is -0.772. The second-order valence-corrected chi connectivity index (χ2v) is 9.43. The molecule has 11 nitrogen and oxygen atoms in total. The number of urea groups is 1. The second-order valence-electron chi connectivity index (χ2n) is 9.06. The van der Waals surface area contributed by atoms with Gasteiger partial charge in [-0.15, -0.1) is 0 Å². The first kappa shape index (κ1) is 27.4. The summed E-state index contributed by atoms with van der Waals surface area (Å²) in [7, 11) is 1.45. The van der Waals surface area contributed by atoms with E-state index in [2.05, 4.69) is 26.0 Å². The highest BCUT2D eigenvalue weighted by molar-refractivity contribution is 7.80. The molecule has 4 rings (SSSR count). The molecular formula is C24H30F2N8O3S. The normalized spacial score (nSPS) is 17.8. The molecule has 2 saturated heterocycles. The van der Waals surface area contributed by atoms with Crippen LogP contribution in [0.25, 0.3) is 0 Å². The third kappa shape index (κ3) is 6.61. The van der Waals surface area contributed by atoms with Crippen molar-refractivity contribution in [2.45, 2.75) is 19.9 Å². The number of anilines is 2. The fourth-order valence-electron chi connectivity index (χ4n) is 4.38. The number of methoxy groups -OCH3 is 1. The number of hydrazine groups is 1. The molecule has 3 N–H and O–H groups in total. The minimum absolute atomic E-state index is 0.0757. The Morgan fingerprint density at radius 3 is 2.63 bits per heavy atom. The summed E-state index contributed by atoms with van der Waals surface area (Å²) in [6.45, 7) is 3.70. The van der Waals surface area contributed by atoms with Crippen LogP contribution in [-0.2, 0) is 16.1 Å². The summed E-state index contributed by atoms with van der Waals surface area (Å²) in [4.78, 5) is 36.4. The molecule has 204 valence electrons. The van der Waals surface area contributed by atoms with E-state index in [1.807, 2.05) is 6.92 Å². The summed E-state index contributed by atoms with van der Waals surface area (Å²) < 4.78 is 35.3. The largest absolute Gasteiger partial charge is 0.474 e. The molecule has 0 unspecified atom stereocenters. The lowest BCUT2D eigenvalue weighted by Gasteiger charge is -2.25. The van der Waals surface area contributed by atoms with Crippen molar-refractivity contribution in [3.63, 3.8) is 0 Å². The van der Waals surface area contributed by atoms with Gasteiger partial charge < -0.3 is 25.2 Å². The third-order valence-corrected chi connectivity index (χ3v) is 6.64. The Balaban J connectivity index is 1.36. The number of nitrogens with one attached hydrogen (secondary N) is 3. The first-order valence-corrected chi connectivity index (χ1v) is 12.6. The topological polar surface area (TPSA) is 115 Å². The molecule has 2 aromatic rings. The molecule has 3 heterocycles. The zero-order valence-corrected chi connectivity index (χ0v) is 22.0. The van der Waals surface area contributed by atoms with Crippen molar-refractivity contribution in [1.82, 2.24) is 31.0 Å². The maximum Gasteiger partial charge on any atom is 0.332 e. The highest BCUT2D eigenvalue weighted by Crippen LogP contribution is 2.32. The van der Waals surface area contributed by atoms with Gasteiger partial charge in [0.05, 0.1) is 37.8 Å². The average Bonchev–Trinajstić information content (AvgIpc) is 3.10. The summed E-state index contributed by atoms with van der Waals surface area (Å²) in [6, 6.07) is 1.97. The Labute approximate surface area is 224 Å². The molecule has 0 saturated carbocycles. The van der Waals surface area contributed by atoms with Crippen LogP contribution in [0.1, 0.15) is 17.8 Å². The number of benzene rings is 1. The molecule has 0 radical (unpaired) electrons. The zero-order chi connectivity index (χ0) is 27.2. The van der Waals surface area contributed by atoms with Crippen LogP contribution in [0.4, 0.5) is 25.0 Å². The number of aromatic nitrogens is 2. The van der Waals surface area contributed by atoms with Gasteiger partial charge in [0.1, 0.15) is 5.69 Å². The standard InChI is InChI=1S/C24H30F2N8O3S/c1-15-10-28-17(12-27-15)13-29-23(36)34-6-5-32(4-3-31-34)22-19(25)8-18(9-20(22)26)33-14-16(7-21(33)35)11-30-24(38)37-2/h8-10,12,16,31H,3-7,11,13-14H2,1-2H3,(H,29,36)(H,30,38)/t16-/m0/s1. The number of halogens is 2. The van der Waals surface area contributed by atoms with Crippen molar-refractivity contribution in [1.29, 1.82) is 0 Å². The maximum atomic E-state index is 15.2. The lowest BCUT2D eigenvalue weighted by molar-refractivity contribution is -0.117. The van der Waals surface area contributed by atoms with Crippen LogP contribution in [0.3, 0.4) is 0 Å². The van der Waals surface area contributed by atoms with Crippen molar-refractivity contribution in [2.75, 3.05) is 56.2 Å². The summed E-state index contributed by atoms with van der Waals surface area (Å²) in [5.74, 6) is -1.84. The lowest BCUT2D eigenvalue weighted by Crippen LogP contribution is -2.48. The van der Waals surface area contributed by atoms with E-state index in [0.29, 0.717) is 25.3 Å². The second kappa shape index (κ2) is 12.3. The Kier molecular flexibility index (Phi) is 8.84. The van der Waals surface area contributed by atoms with E-state index in [0.717, 1.165) is 5.69 Å². The Morgan fingerprint density at radius 1 is 1.18 bits per heavy atom. The number of rotatable bonds is 6. The summed E-state index contributed by atoms with van der Waals surface area (Å²) in [5, 5.41) is 7.26. The van der Waals surface area contributed by atoms with Gasteiger partial charge >= 0.3 is 6.03 Å². The van der Waals surface area contributed by atoms with Crippen LogP contribution in [0.15, 0.2) is 24.5 Å². The number of ether oxygens (including phenoxy) is 1. The smallest absolute Gasteiger partial charge is 0.332 e. The number of hydrogen-bond donors (Lipinski definition) is 3. The van der Waals surface area contributed by atoms with E-state index in [-0.39, 0.29) is 67.0 Å². The number of nitrogens with zero attached hydrogens (tertiary/aromatic N) is 5. The quantitative estimate of drug-likeness (QED) is 0.462. The predicted octanol–water partition coefficient (Wildman–Crippen LogP) is 1.47. The fraction of sp³-hybridized carbons (Fsp3) is 0.458. The molecule has 1 aromatic carbocycles.